The third kappa shape index (κ3) is 2.72. The van der Waals surface area contributed by atoms with Crippen molar-refractivity contribution in [3.8, 4) is 0 Å². The van der Waals surface area contributed by atoms with Gasteiger partial charge in [0, 0.05) is 18.3 Å². The summed E-state index contributed by atoms with van der Waals surface area (Å²) in [5.74, 6) is -0.876. The molecule has 6 nitrogen and oxygen atoms in total. The van der Waals surface area contributed by atoms with Crippen molar-refractivity contribution >= 4 is 11.6 Å². The summed E-state index contributed by atoms with van der Waals surface area (Å²) < 4.78 is 27.5. The molecule has 1 amide bonds. The Labute approximate surface area is 126 Å². The molecule has 0 radical (unpaired) electrons. The van der Waals surface area contributed by atoms with Gasteiger partial charge in [0.2, 0.25) is 5.91 Å². The van der Waals surface area contributed by atoms with E-state index in [-0.39, 0.29) is 11.6 Å². The molecule has 0 aliphatic rings. The number of nitrogens with one attached hydrogen (secondary N) is 2. The second kappa shape index (κ2) is 5.86. The Kier molecular flexibility index (Phi) is 4.30. The van der Waals surface area contributed by atoms with Crippen molar-refractivity contribution < 1.29 is 13.6 Å². The van der Waals surface area contributed by atoms with Crippen LogP contribution < -0.4 is 5.32 Å². The number of carbonyl (C=O) groups is 1. The molecule has 2 N–H and O–H groups in total. The lowest BCUT2D eigenvalue weighted by molar-refractivity contribution is -0.117. The monoisotopic (exact) mass is 311 g/mol. The number of amides is 1. The number of nitrogens with zero attached hydrogens (tertiary/aromatic N) is 3. The van der Waals surface area contributed by atoms with E-state index in [1.807, 2.05) is 13.8 Å². The summed E-state index contributed by atoms with van der Waals surface area (Å²) in [6, 6.07) is 0. The van der Waals surface area contributed by atoms with E-state index in [0.717, 1.165) is 17.0 Å². The van der Waals surface area contributed by atoms with Crippen LogP contribution in [0.25, 0.3) is 0 Å². The molecule has 2 rings (SSSR count). The van der Waals surface area contributed by atoms with E-state index in [4.69, 9.17) is 0 Å². The molecule has 0 bridgehead atoms. The predicted octanol–water partition coefficient (Wildman–Crippen LogP) is 2.75. The summed E-state index contributed by atoms with van der Waals surface area (Å²) in [6.45, 7) is 7.00. The van der Waals surface area contributed by atoms with Gasteiger partial charge in [-0.25, -0.2) is 8.78 Å². The number of rotatable bonds is 4. The second-order valence-electron chi connectivity index (χ2n) is 5.33. The number of alkyl halides is 2. The van der Waals surface area contributed by atoms with E-state index < -0.39 is 18.0 Å². The Hall–Kier alpha value is -2.25. The highest BCUT2D eigenvalue weighted by Crippen LogP contribution is 2.29. The maximum absolute atomic E-state index is 12.9. The smallest absolute Gasteiger partial charge is 0.284 e. The molecular weight excluding hydrogens is 292 g/mol. The minimum atomic E-state index is -2.75. The van der Waals surface area contributed by atoms with Gasteiger partial charge in [0.1, 0.15) is 0 Å². The number of hydrogen-bond donors (Lipinski definition) is 2. The van der Waals surface area contributed by atoms with Crippen LogP contribution in [0.3, 0.4) is 0 Å². The molecule has 0 aliphatic carbocycles. The van der Waals surface area contributed by atoms with Crippen LogP contribution in [0.5, 0.6) is 0 Å². The van der Waals surface area contributed by atoms with Crippen molar-refractivity contribution in [1.29, 1.82) is 0 Å². The number of anilines is 1. The van der Waals surface area contributed by atoms with Crippen LogP contribution in [0.4, 0.5) is 14.5 Å². The SMILES string of the molecule is Cc1nn(C)c(C)c1C(C)C(=O)Nc1c(C(F)F)n[nH]c1C. The van der Waals surface area contributed by atoms with Crippen LogP contribution in [-0.2, 0) is 11.8 Å². The molecule has 22 heavy (non-hydrogen) atoms. The summed E-state index contributed by atoms with van der Waals surface area (Å²) >= 11 is 0. The molecule has 120 valence electrons. The number of carbonyl (C=O) groups excluding carboxylic acids is 1. The molecule has 0 saturated carbocycles. The first kappa shape index (κ1) is 16.1. The van der Waals surface area contributed by atoms with Crippen LogP contribution >= 0.6 is 0 Å². The van der Waals surface area contributed by atoms with Crippen LogP contribution in [0.1, 0.15) is 47.6 Å². The standard InChI is InChI=1S/C14H19F2N5O/c1-6(10-7(2)20-21(5)9(10)4)14(22)17-11-8(3)18-19-12(11)13(15)16/h6,13H,1-5H3,(H,17,22)(H,18,19). The number of aromatic nitrogens is 4. The van der Waals surface area contributed by atoms with Crippen molar-refractivity contribution in [2.24, 2.45) is 7.05 Å². The topological polar surface area (TPSA) is 75.6 Å². The Morgan fingerprint density at radius 2 is 1.95 bits per heavy atom. The molecule has 1 atom stereocenters. The van der Waals surface area contributed by atoms with Crippen LogP contribution in [0.15, 0.2) is 0 Å². The second-order valence-corrected chi connectivity index (χ2v) is 5.33. The molecule has 0 spiro atoms. The maximum atomic E-state index is 12.9. The Bertz CT molecular complexity index is 704. The molecule has 0 saturated heterocycles. The first-order chi connectivity index (χ1) is 10.2. The summed E-state index contributed by atoms with van der Waals surface area (Å²) in [7, 11) is 1.80. The lowest BCUT2D eigenvalue weighted by Crippen LogP contribution is -2.21. The highest BCUT2D eigenvalue weighted by molar-refractivity contribution is 5.96. The Balaban J connectivity index is 2.28. The third-order valence-corrected chi connectivity index (χ3v) is 3.82. The average Bonchev–Trinajstić information content (AvgIpc) is 2.91. The van der Waals surface area contributed by atoms with Gasteiger partial charge in [-0.1, -0.05) is 0 Å². The Morgan fingerprint density at radius 3 is 2.45 bits per heavy atom. The molecule has 0 aromatic carbocycles. The molecule has 2 aromatic heterocycles. The van der Waals surface area contributed by atoms with Crippen molar-refractivity contribution in [2.45, 2.75) is 40.0 Å². The summed E-state index contributed by atoms with van der Waals surface area (Å²) in [6.07, 6.45) is -2.75. The van der Waals surface area contributed by atoms with Crippen molar-refractivity contribution in [3.63, 3.8) is 0 Å². The van der Waals surface area contributed by atoms with Crippen LogP contribution in [0, 0.1) is 20.8 Å². The molecular formula is C14H19F2N5O. The van der Waals surface area contributed by atoms with Gasteiger partial charge in [0.25, 0.3) is 6.43 Å². The van der Waals surface area contributed by atoms with E-state index in [9.17, 15) is 13.6 Å². The fourth-order valence-electron chi connectivity index (χ4n) is 2.54. The number of hydrogen-bond acceptors (Lipinski definition) is 3. The van der Waals surface area contributed by atoms with Gasteiger partial charge in [-0.3, -0.25) is 14.6 Å². The van der Waals surface area contributed by atoms with Gasteiger partial charge in [-0.2, -0.15) is 10.2 Å². The van der Waals surface area contributed by atoms with E-state index in [0.29, 0.717) is 5.69 Å². The largest absolute Gasteiger partial charge is 0.322 e. The normalized spacial score (nSPS) is 12.7. The first-order valence-electron chi connectivity index (χ1n) is 6.88. The maximum Gasteiger partial charge on any atom is 0.284 e. The fraction of sp³-hybridized carbons (Fsp3) is 0.500. The molecule has 0 fully saturated rings. The van der Waals surface area contributed by atoms with Crippen molar-refractivity contribution in [3.05, 3.63) is 28.3 Å². The van der Waals surface area contributed by atoms with Gasteiger partial charge in [0.05, 0.1) is 23.0 Å². The zero-order chi connectivity index (χ0) is 16.6. The number of halogens is 2. The molecule has 8 heteroatoms. The van der Waals surface area contributed by atoms with Gasteiger partial charge >= 0.3 is 0 Å². The summed E-state index contributed by atoms with van der Waals surface area (Å²) in [5, 5.41) is 12.8. The molecule has 2 aromatic rings. The molecule has 2 heterocycles. The molecule has 1 unspecified atom stereocenters. The van der Waals surface area contributed by atoms with E-state index in [2.05, 4.69) is 20.6 Å². The summed E-state index contributed by atoms with van der Waals surface area (Å²) in [5.41, 5.74) is 2.43. The van der Waals surface area contributed by atoms with Gasteiger partial charge in [-0.05, 0) is 27.7 Å². The van der Waals surface area contributed by atoms with Gasteiger partial charge in [-0.15, -0.1) is 0 Å². The van der Waals surface area contributed by atoms with Crippen LogP contribution in [-0.4, -0.2) is 25.9 Å². The minimum absolute atomic E-state index is 0.0473. The highest BCUT2D eigenvalue weighted by atomic mass is 19.3. The first-order valence-corrected chi connectivity index (χ1v) is 6.88. The number of H-pyrrole nitrogens is 1. The number of aryl methyl sites for hydroxylation is 3. The summed E-state index contributed by atoms with van der Waals surface area (Å²) in [4.78, 5) is 12.4. The third-order valence-electron chi connectivity index (χ3n) is 3.82. The van der Waals surface area contributed by atoms with E-state index >= 15 is 0 Å². The number of aromatic amines is 1. The fourth-order valence-corrected chi connectivity index (χ4v) is 2.54. The van der Waals surface area contributed by atoms with Crippen molar-refractivity contribution in [1.82, 2.24) is 20.0 Å². The average molecular weight is 311 g/mol. The zero-order valence-corrected chi connectivity index (χ0v) is 13.2. The lowest BCUT2D eigenvalue weighted by Gasteiger charge is -2.13. The predicted molar refractivity (Wildman–Crippen MR) is 78.0 cm³/mol. The lowest BCUT2D eigenvalue weighted by atomic mass is 9.98. The molecule has 0 aliphatic heterocycles. The van der Waals surface area contributed by atoms with Crippen LogP contribution in [0.2, 0.25) is 0 Å². The zero-order valence-electron chi connectivity index (χ0n) is 13.2. The van der Waals surface area contributed by atoms with Crippen molar-refractivity contribution in [2.75, 3.05) is 5.32 Å². The van der Waals surface area contributed by atoms with E-state index in [1.165, 1.54) is 0 Å². The Morgan fingerprint density at radius 1 is 1.32 bits per heavy atom. The highest BCUT2D eigenvalue weighted by Gasteiger charge is 2.26. The van der Waals surface area contributed by atoms with Gasteiger partial charge in [0.15, 0.2) is 5.69 Å². The van der Waals surface area contributed by atoms with Gasteiger partial charge < -0.3 is 5.32 Å². The van der Waals surface area contributed by atoms with E-state index in [1.54, 1.807) is 25.6 Å². The minimum Gasteiger partial charge on any atom is -0.322 e. The quantitative estimate of drug-likeness (QED) is 0.911.